The number of aromatic nitrogens is 4. The first-order chi connectivity index (χ1) is 16.8. The van der Waals surface area contributed by atoms with Gasteiger partial charge >= 0.3 is 5.97 Å². The van der Waals surface area contributed by atoms with Gasteiger partial charge in [0.15, 0.2) is 6.61 Å². The fraction of sp³-hybridized carbons (Fsp3) is 0.115. The molecule has 5 aromatic rings. The van der Waals surface area contributed by atoms with Crippen LogP contribution in [0.3, 0.4) is 0 Å². The molecular weight excluding hydrogens is 448 g/mol. The number of carbonyl (C=O) groups is 1. The summed E-state index contributed by atoms with van der Waals surface area (Å²) >= 11 is 1.68. The smallest absolute Gasteiger partial charge is 0.339 e. The quantitative estimate of drug-likeness (QED) is 0.312. The summed E-state index contributed by atoms with van der Waals surface area (Å²) in [5, 5.41) is 6.79. The monoisotopic (exact) mass is 466 g/mol. The zero-order valence-electron chi connectivity index (χ0n) is 18.0. The number of allylic oxidation sites excluding steroid dienone is 1. The van der Waals surface area contributed by atoms with Crippen molar-refractivity contribution in [3.63, 3.8) is 0 Å². The van der Waals surface area contributed by atoms with Crippen LogP contribution in [0.15, 0.2) is 70.8 Å². The van der Waals surface area contributed by atoms with E-state index in [1.165, 1.54) is 4.88 Å². The second-order valence-corrected chi connectivity index (χ2v) is 8.82. The molecule has 1 aromatic carbocycles. The molecule has 4 heterocycles. The summed E-state index contributed by atoms with van der Waals surface area (Å²) < 4.78 is 10.9. The molecule has 6 rings (SSSR count). The van der Waals surface area contributed by atoms with Gasteiger partial charge in [0.2, 0.25) is 5.82 Å². The molecule has 0 amide bonds. The van der Waals surface area contributed by atoms with Gasteiger partial charge in [0.05, 0.1) is 16.8 Å². The standard InChI is InChI=1S/C26H18N4O3S/c31-26(32-15-22-29-25(30-33-22)17-5-3-11-27-14-17)23-19-7-1-2-8-21(19)28-24-16(9-10-20(23)24)13-18-6-4-12-34-18/h1-8,11-14H,9-10,15H2/b16-13+. The van der Waals surface area contributed by atoms with Crippen molar-refractivity contribution in [3.8, 4) is 11.4 Å². The highest BCUT2D eigenvalue weighted by molar-refractivity contribution is 7.10. The van der Waals surface area contributed by atoms with Crippen molar-refractivity contribution >= 4 is 39.9 Å². The highest BCUT2D eigenvalue weighted by Crippen LogP contribution is 2.38. The van der Waals surface area contributed by atoms with Crippen LogP contribution >= 0.6 is 11.3 Å². The van der Waals surface area contributed by atoms with Gasteiger partial charge in [-0.25, -0.2) is 9.78 Å². The number of benzene rings is 1. The fourth-order valence-electron chi connectivity index (χ4n) is 4.18. The van der Waals surface area contributed by atoms with Crippen molar-refractivity contribution in [2.24, 2.45) is 0 Å². The third-order valence-corrected chi connectivity index (χ3v) is 6.54. The van der Waals surface area contributed by atoms with E-state index in [-0.39, 0.29) is 12.5 Å². The molecule has 0 radical (unpaired) electrons. The van der Waals surface area contributed by atoms with E-state index in [1.54, 1.807) is 29.8 Å². The van der Waals surface area contributed by atoms with Gasteiger partial charge in [-0.15, -0.1) is 11.3 Å². The normalized spacial score (nSPS) is 13.9. The van der Waals surface area contributed by atoms with E-state index in [0.717, 1.165) is 46.1 Å². The molecule has 0 saturated heterocycles. The van der Waals surface area contributed by atoms with E-state index in [0.29, 0.717) is 11.4 Å². The minimum atomic E-state index is -0.423. The summed E-state index contributed by atoms with van der Waals surface area (Å²) in [5.74, 6) is 0.201. The first kappa shape index (κ1) is 20.4. The Hall–Kier alpha value is -4.17. The number of para-hydroxylation sites is 1. The number of ether oxygens (including phenoxy) is 1. The van der Waals surface area contributed by atoms with E-state index in [4.69, 9.17) is 14.2 Å². The molecule has 34 heavy (non-hydrogen) atoms. The Morgan fingerprint density at radius 2 is 2.03 bits per heavy atom. The van der Waals surface area contributed by atoms with Crippen LogP contribution in [0.25, 0.3) is 33.9 Å². The maximum absolute atomic E-state index is 13.3. The van der Waals surface area contributed by atoms with E-state index >= 15 is 0 Å². The van der Waals surface area contributed by atoms with Crippen LogP contribution < -0.4 is 0 Å². The summed E-state index contributed by atoms with van der Waals surface area (Å²) in [4.78, 5) is 27.8. The minimum absolute atomic E-state index is 0.116. The molecule has 0 bridgehead atoms. The van der Waals surface area contributed by atoms with Crippen LogP contribution in [-0.4, -0.2) is 26.1 Å². The van der Waals surface area contributed by atoms with Crippen molar-refractivity contribution in [1.29, 1.82) is 0 Å². The number of fused-ring (bicyclic) bond motifs is 2. The molecule has 0 unspecified atom stereocenters. The molecule has 1 aliphatic carbocycles. The Morgan fingerprint density at radius 1 is 1.09 bits per heavy atom. The third-order valence-electron chi connectivity index (χ3n) is 5.72. The number of nitrogens with zero attached hydrogens (tertiary/aromatic N) is 4. The summed E-state index contributed by atoms with van der Waals surface area (Å²) in [7, 11) is 0. The molecule has 0 fully saturated rings. The summed E-state index contributed by atoms with van der Waals surface area (Å²) in [5.41, 5.74) is 4.98. The highest BCUT2D eigenvalue weighted by atomic mass is 32.1. The first-order valence-corrected chi connectivity index (χ1v) is 11.7. The van der Waals surface area contributed by atoms with Crippen LogP contribution in [-0.2, 0) is 17.8 Å². The maximum atomic E-state index is 13.3. The molecule has 0 aliphatic heterocycles. The fourth-order valence-corrected chi connectivity index (χ4v) is 4.86. The number of carbonyl (C=O) groups excluding carboxylic acids is 1. The molecule has 0 atom stereocenters. The van der Waals surface area contributed by atoms with Crippen LogP contribution in [0.2, 0.25) is 0 Å². The molecule has 0 spiro atoms. The molecule has 0 N–H and O–H groups in total. The highest BCUT2D eigenvalue weighted by Gasteiger charge is 2.28. The predicted octanol–water partition coefficient (Wildman–Crippen LogP) is 5.59. The van der Waals surface area contributed by atoms with Gasteiger partial charge in [0.1, 0.15) is 0 Å². The lowest BCUT2D eigenvalue weighted by atomic mass is 10.0. The molecule has 4 aromatic heterocycles. The van der Waals surface area contributed by atoms with E-state index in [2.05, 4.69) is 32.6 Å². The largest absolute Gasteiger partial charge is 0.452 e. The SMILES string of the molecule is O=C(OCc1nc(-c2cccnc2)no1)c1c2c(nc3ccccc13)/C(=C/c1cccs1)CC2. The molecule has 8 heteroatoms. The molecule has 166 valence electrons. The zero-order valence-corrected chi connectivity index (χ0v) is 18.8. The summed E-state index contributed by atoms with van der Waals surface area (Å²) in [6, 6.07) is 15.4. The lowest BCUT2D eigenvalue weighted by Gasteiger charge is -2.11. The van der Waals surface area contributed by atoms with E-state index in [9.17, 15) is 4.79 Å². The average molecular weight is 467 g/mol. The minimum Gasteiger partial charge on any atom is -0.452 e. The van der Waals surface area contributed by atoms with Crippen molar-refractivity contribution < 1.29 is 14.1 Å². The average Bonchev–Trinajstić information content (AvgIpc) is 3.64. The molecule has 1 aliphatic rings. The lowest BCUT2D eigenvalue weighted by Crippen LogP contribution is -2.10. The predicted molar refractivity (Wildman–Crippen MR) is 129 cm³/mol. The van der Waals surface area contributed by atoms with Crippen LogP contribution in [0.4, 0.5) is 0 Å². The number of rotatable bonds is 5. The Balaban J connectivity index is 1.32. The third kappa shape index (κ3) is 3.78. The van der Waals surface area contributed by atoms with Gasteiger partial charge < -0.3 is 9.26 Å². The topological polar surface area (TPSA) is 91.0 Å². The van der Waals surface area contributed by atoms with Gasteiger partial charge in [-0.3, -0.25) is 4.98 Å². The van der Waals surface area contributed by atoms with Crippen molar-refractivity contribution in [3.05, 3.63) is 93.9 Å². The van der Waals surface area contributed by atoms with E-state index in [1.807, 2.05) is 36.4 Å². The Bertz CT molecular complexity index is 1520. The Kier molecular flexibility index (Phi) is 5.20. The maximum Gasteiger partial charge on any atom is 0.339 e. The number of esters is 1. The number of hydrogen-bond acceptors (Lipinski definition) is 8. The number of pyridine rings is 2. The van der Waals surface area contributed by atoms with Crippen LogP contribution in [0.5, 0.6) is 0 Å². The summed E-state index contributed by atoms with van der Waals surface area (Å²) in [6.45, 7) is -0.116. The Labute approximate surface area is 198 Å². The number of thiophene rings is 1. The van der Waals surface area contributed by atoms with Gasteiger partial charge in [-0.05, 0) is 59.7 Å². The zero-order chi connectivity index (χ0) is 22.9. The van der Waals surface area contributed by atoms with Crippen LogP contribution in [0, 0.1) is 0 Å². The number of hydrogen-bond donors (Lipinski definition) is 0. The van der Waals surface area contributed by atoms with Gasteiger partial charge in [0, 0.05) is 28.2 Å². The second kappa shape index (κ2) is 8.64. The van der Waals surface area contributed by atoms with Crippen LogP contribution in [0.1, 0.15) is 38.8 Å². The van der Waals surface area contributed by atoms with Gasteiger partial charge in [-0.2, -0.15) is 4.98 Å². The van der Waals surface area contributed by atoms with Crippen molar-refractivity contribution in [2.45, 2.75) is 19.4 Å². The molecule has 0 saturated carbocycles. The van der Waals surface area contributed by atoms with E-state index < -0.39 is 5.97 Å². The van der Waals surface area contributed by atoms with Crippen molar-refractivity contribution in [2.75, 3.05) is 0 Å². The second-order valence-electron chi connectivity index (χ2n) is 7.85. The summed E-state index contributed by atoms with van der Waals surface area (Å²) in [6.07, 6.45) is 7.04. The molecule has 7 nitrogen and oxygen atoms in total. The lowest BCUT2D eigenvalue weighted by molar-refractivity contribution is 0.0431. The Morgan fingerprint density at radius 3 is 2.88 bits per heavy atom. The first-order valence-electron chi connectivity index (χ1n) is 10.8. The van der Waals surface area contributed by atoms with Gasteiger partial charge in [0.25, 0.3) is 5.89 Å². The van der Waals surface area contributed by atoms with Gasteiger partial charge in [-0.1, -0.05) is 29.4 Å². The molecular formula is C26H18N4O3S. The van der Waals surface area contributed by atoms with Crippen molar-refractivity contribution in [1.82, 2.24) is 20.1 Å².